The Kier molecular flexibility index (Phi) is 2.97. The highest BCUT2D eigenvalue weighted by Crippen LogP contribution is 2.36. The summed E-state index contributed by atoms with van der Waals surface area (Å²) in [6, 6.07) is 0. The van der Waals surface area contributed by atoms with Gasteiger partial charge in [0.2, 0.25) is 0 Å². The third-order valence-corrected chi connectivity index (χ3v) is 1.49. The molecule has 56 valence electrons. The molecule has 0 heterocycles. The van der Waals surface area contributed by atoms with Gasteiger partial charge in [-0.25, -0.2) is 0 Å². The molecule has 0 aromatic carbocycles. The minimum Gasteiger partial charge on any atom is -0.390 e. The number of aliphatic hydroxyl groups is 1. The summed E-state index contributed by atoms with van der Waals surface area (Å²) in [7, 11) is 0. The molecule has 0 saturated heterocycles. The second kappa shape index (κ2) is 2.89. The number of hydrogen-bond acceptors (Lipinski definition) is 1. The lowest BCUT2D eigenvalue weighted by molar-refractivity contribution is 0.0650. The first-order chi connectivity index (χ1) is 3.58. The van der Waals surface area contributed by atoms with Gasteiger partial charge in [0, 0.05) is 0 Å². The molecule has 1 saturated carbocycles. The highest BCUT2D eigenvalue weighted by molar-refractivity contribution is 5.85. The summed E-state index contributed by atoms with van der Waals surface area (Å²) < 4.78 is 0. The third-order valence-electron chi connectivity index (χ3n) is 1.49. The van der Waals surface area contributed by atoms with Crippen LogP contribution in [0.15, 0.2) is 0 Å². The number of rotatable bonds is 2. The maximum Gasteiger partial charge on any atom is 0.0594 e. The Morgan fingerprint density at radius 1 is 1.44 bits per heavy atom. The summed E-state index contributed by atoms with van der Waals surface area (Å²) in [5.41, 5.74) is -0.416. The SMILES string of the molecule is CC(C)(O)CC1CC1.Cl. The molecule has 1 fully saturated rings. The van der Waals surface area contributed by atoms with Crippen molar-refractivity contribution in [2.24, 2.45) is 5.92 Å². The zero-order chi connectivity index (χ0) is 6.20. The fourth-order valence-corrected chi connectivity index (χ4v) is 1.03. The van der Waals surface area contributed by atoms with Crippen LogP contribution in [0.25, 0.3) is 0 Å². The van der Waals surface area contributed by atoms with Crippen LogP contribution in [-0.2, 0) is 0 Å². The van der Waals surface area contributed by atoms with Crippen LogP contribution >= 0.6 is 12.4 Å². The van der Waals surface area contributed by atoms with Gasteiger partial charge in [-0.05, 0) is 26.2 Å². The van der Waals surface area contributed by atoms with Crippen molar-refractivity contribution in [2.75, 3.05) is 0 Å². The standard InChI is InChI=1S/C7H14O.ClH/c1-7(2,8)5-6-3-4-6;/h6,8H,3-5H2,1-2H3;1H. The van der Waals surface area contributed by atoms with E-state index in [1.807, 2.05) is 13.8 Å². The summed E-state index contributed by atoms with van der Waals surface area (Å²) in [6.07, 6.45) is 3.67. The van der Waals surface area contributed by atoms with E-state index in [1.165, 1.54) is 12.8 Å². The third kappa shape index (κ3) is 4.73. The average Bonchev–Trinajstić information content (AvgIpc) is 2.12. The summed E-state index contributed by atoms with van der Waals surface area (Å²) in [5.74, 6) is 0.843. The molecule has 0 spiro atoms. The highest BCUT2D eigenvalue weighted by atomic mass is 35.5. The number of hydrogen-bond donors (Lipinski definition) is 1. The molecule has 1 aliphatic rings. The summed E-state index contributed by atoms with van der Waals surface area (Å²) >= 11 is 0. The van der Waals surface area contributed by atoms with Gasteiger partial charge >= 0.3 is 0 Å². The Balaban J connectivity index is 0.000000640. The zero-order valence-corrected chi connectivity index (χ0v) is 6.87. The van der Waals surface area contributed by atoms with E-state index in [2.05, 4.69) is 0 Å². The Morgan fingerprint density at radius 2 is 1.89 bits per heavy atom. The van der Waals surface area contributed by atoms with Crippen LogP contribution in [0.3, 0.4) is 0 Å². The quantitative estimate of drug-likeness (QED) is 0.639. The van der Waals surface area contributed by atoms with Crippen LogP contribution in [-0.4, -0.2) is 10.7 Å². The van der Waals surface area contributed by atoms with Crippen molar-refractivity contribution >= 4 is 12.4 Å². The molecule has 1 N–H and O–H groups in total. The molecule has 0 amide bonds. The fraction of sp³-hybridized carbons (Fsp3) is 1.00. The Bertz CT molecular complexity index is 81.4. The maximum absolute atomic E-state index is 9.23. The second-order valence-corrected chi connectivity index (χ2v) is 3.46. The minimum atomic E-state index is -0.416. The molecule has 2 heteroatoms. The van der Waals surface area contributed by atoms with E-state index in [4.69, 9.17) is 0 Å². The van der Waals surface area contributed by atoms with Gasteiger partial charge < -0.3 is 5.11 Å². The summed E-state index contributed by atoms with van der Waals surface area (Å²) in [6.45, 7) is 3.76. The topological polar surface area (TPSA) is 20.2 Å². The molecular weight excluding hydrogens is 136 g/mol. The predicted octanol–water partition coefficient (Wildman–Crippen LogP) is 1.98. The molecule has 9 heavy (non-hydrogen) atoms. The lowest BCUT2D eigenvalue weighted by atomic mass is 10.0. The fourth-order valence-electron chi connectivity index (χ4n) is 1.03. The van der Waals surface area contributed by atoms with Crippen molar-refractivity contribution in [3.05, 3.63) is 0 Å². The molecule has 0 radical (unpaired) electrons. The molecule has 1 nitrogen and oxygen atoms in total. The normalized spacial score (nSPS) is 19.0. The number of halogens is 1. The molecule has 0 aromatic heterocycles. The first kappa shape index (κ1) is 9.25. The minimum absolute atomic E-state index is 0. The van der Waals surface area contributed by atoms with E-state index in [0.717, 1.165) is 12.3 Å². The van der Waals surface area contributed by atoms with Crippen LogP contribution in [0, 0.1) is 5.92 Å². The van der Waals surface area contributed by atoms with Gasteiger partial charge in [0.05, 0.1) is 5.60 Å². The van der Waals surface area contributed by atoms with Gasteiger partial charge in [-0.3, -0.25) is 0 Å². The monoisotopic (exact) mass is 150 g/mol. The molecule has 0 aromatic rings. The lowest BCUT2D eigenvalue weighted by Crippen LogP contribution is -2.18. The highest BCUT2D eigenvalue weighted by Gasteiger charge is 2.27. The van der Waals surface area contributed by atoms with Crippen molar-refractivity contribution in [3.63, 3.8) is 0 Å². The molecule has 0 aliphatic heterocycles. The van der Waals surface area contributed by atoms with Crippen molar-refractivity contribution in [1.29, 1.82) is 0 Å². The van der Waals surface area contributed by atoms with E-state index in [1.54, 1.807) is 0 Å². The first-order valence-corrected chi connectivity index (χ1v) is 3.30. The average molecular weight is 151 g/mol. The van der Waals surface area contributed by atoms with Crippen LogP contribution < -0.4 is 0 Å². The first-order valence-electron chi connectivity index (χ1n) is 3.30. The van der Waals surface area contributed by atoms with E-state index < -0.39 is 5.60 Å². The molecule has 1 aliphatic carbocycles. The zero-order valence-electron chi connectivity index (χ0n) is 6.05. The van der Waals surface area contributed by atoms with Crippen molar-refractivity contribution in [3.8, 4) is 0 Å². The van der Waals surface area contributed by atoms with Gasteiger partial charge in [-0.1, -0.05) is 12.8 Å². The van der Waals surface area contributed by atoms with Crippen molar-refractivity contribution < 1.29 is 5.11 Å². The van der Waals surface area contributed by atoms with Crippen molar-refractivity contribution in [1.82, 2.24) is 0 Å². The molecule has 0 bridgehead atoms. The van der Waals surface area contributed by atoms with Crippen LogP contribution in [0.1, 0.15) is 33.1 Å². The van der Waals surface area contributed by atoms with E-state index >= 15 is 0 Å². The molecule has 0 atom stereocenters. The Labute approximate surface area is 62.9 Å². The second-order valence-electron chi connectivity index (χ2n) is 3.46. The van der Waals surface area contributed by atoms with Crippen molar-refractivity contribution in [2.45, 2.75) is 38.7 Å². The summed E-state index contributed by atoms with van der Waals surface area (Å²) in [5, 5.41) is 9.23. The van der Waals surface area contributed by atoms with Gasteiger partial charge in [-0.2, -0.15) is 0 Å². The summed E-state index contributed by atoms with van der Waals surface area (Å²) in [4.78, 5) is 0. The molecular formula is C7H15ClO. The lowest BCUT2D eigenvalue weighted by Gasteiger charge is -2.15. The smallest absolute Gasteiger partial charge is 0.0594 e. The van der Waals surface area contributed by atoms with Gasteiger partial charge in [0.25, 0.3) is 0 Å². The Hall–Kier alpha value is 0.250. The van der Waals surface area contributed by atoms with Crippen LogP contribution in [0.5, 0.6) is 0 Å². The van der Waals surface area contributed by atoms with Crippen LogP contribution in [0.4, 0.5) is 0 Å². The van der Waals surface area contributed by atoms with Gasteiger partial charge in [0.1, 0.15) is 0 Å². The van der Waals surface area contributed by atoms with E-state index in [0.29, 0.717) is 0 Å². The maximum atomic E-state index is 9.23. The van der Waals surface area contributed by atoms with Gasteiger partial charge in [-0.15, -0.1) is 12.4 Å². The molecule has 1 rings (SSSR count). The van der Waals surface area contributed by atoms with E-state index in [9.17, 15) is 5.11 Å². The Morgan fingerprint density at radius 3 is 2.00 bits per heavy atom. The van der Waals surface area contributed by atoms with E-state index in [-0.39, 0.29) is 12.4 Å². The predicted molar refractivity (Wildman–Crippen MR) is 40.9 cm³/mol. The largest absolute Gasteiger partial charge is 0.390 e. The van der Waals surface area contributed by atoms with Gasteiger partial charge in [0.15, 0.2) is 0 Å². The molecule has 0 unspecified atom stereocenters. The van der Waals surface area contributed by atoms with Crippen LogP contribution in [0.2, 0.25) is 0 Å².